The fourth-order valence-corrected chi connectivity index (χ4v) is 4.02. The summed E-state index contributed by atoms with van der Waals surface area (Å²) in [5.74, 6) is -0.177. The van der Waals surface area contributed by atoms with Crippen LogP contribution in [-0.2, 0) is 19.5 Å². The van der Waals surface area contributed by atoms with E-state index in [-0.39, 0.29) is 5.82 Å². The molecule has 9 heteroatoms. The molecule has 3 aromatic heterocycles. The van der Waals surface area contributed by atoms with Gasteiger partial charge in [0.1, 0.15) is 11.8 Å². The van der Waals surface area contributed by atoms with Crippen molar-refractivity contribution in [3.63, 3.8) is 0 Å². The monoisotopic (exact) mass is 381 g/mol. The van der Waals surface area contributed by atoms with Crippen molar-refractivity contribution in [3.05, 3.63) is 58.3 Å². The highest BCUT2D eigenvalue weighted by Gasteiger charge is 2.41. The minimum atomic E-state index is -0.502. The van der Waals surface area contributed by atoms with E-state index < -0.39 is 10.5 Å². The van der Waals surface area contributed by atoms with Gasteiger partial charge in [0, 0.05) is 42.3 Å². The lowest BCUT2D eigenvalue weighted by Crippen LogP contribution is -2.46. The molecule has 0 amide bonds. The van der Waals surface area contributed by atoms with Crippen molar-refractivity contribution in [2.45, 2.75) is 32.0 Å². The average Bonchev–Trinajstić information content (AvgIpc) is 3.36. The Morgan fingerprint density at radius 2 is 2.21 bits per heavy atom. The number of pyridine rings is 1. The molecule has 3 aromatic rings. The molecule has 1 atom stereocenters. The van der Waals surface area contributed by atoms with Crippen molar-refractivity contribution >= 4 is 5.82 Å². The number of nitro groups is 1. The minimum absolute atomic E-state index is 0.177. The molecule has 5 rings (SSSR count). The average molecular weight is 381 g/mol. The predicted molar refractivity (Wildman–Crippen MR) is 98.8 cm³/mol. The van der Waals surface area contributed by atoms with E-state index in [1.54, 1.807) is 17.1 Å². The van der Waals surface area contributed by atoms with Crippen LogP contribution in [0.15, 0.2) is 41.3 Å². The molecular weight excluding hydrogens is 362 g/mol. The minimum Gasteiger partial charge on any atom is -0.472 e. The van der Waals surface area contributed by atoms with E-state index in [1.165, 1.54) is 11.8 Å². The number of hydrogen-bond acceptors (Lipinski definition) is 7. The van der Waals surface area contributed by atoms with Crippen molar-refractivity contribution < 1.29 is 14.1 Å². The fourth-order valence-electron chi connectivity index (χ4n) is 4.02. The molecule has 0 aliphatic carbocycles. The van der Waals surface area contributed by atoms with Gasteiger partial charge in [0.15, 0.2) is 0 Å². The molecular formula is C19H19N5O4. The first-order valence-corrected chi connectivity index (χ1v) is 9.13. The highest BCUT2D eigenvalue weighted by Crippen LogP contribution is 2.32. The maximum Gasteiger partial charge on any atom is 0.415 e. The number of hydrogen-bond donors (Lipinski definition) is 0. The third kappa shape index (κ3) is 2.93. The molecule has 0 aromatic carbocycles. The van der Waals surface area contributed by atoms with Crippen molar-refractivity contribution in [2.75, 3.05) is 13.1 Å². The molecule has 0 bridgehead atoms. The summed E-state index contributed by atoms with van der Waals surface area (Å²) in [5.41, 5.74) is 3.79. The lowest BCUT2D eigenvalue weighted by molar-refractivity contribution is -0.389. The Kier molecular flexibility index (Phi) is 3.73. The summed E-state index contributed by atoms with van der Waals surface area (Å²) in [7, 11) is 0. The summed E-state index contributed by atoms with van der Waals surface area (Å²) in [5, 5.41) is 10.9. The molecule has 0 radical (unpaired) electrons. The summed E-state index contributed by atoms with van der Waals surface area (Å²) < 4.78 is 12.8. The Bertz CT molecular complexity index is 1020. The van der Waals surface area contributed by atoms with Gasteiger partial charge in [-0.15, -0.1) is 0 Å². The number of nitrogens with zero attached hydrogens (tertiary/aromatic N) is 5. The maximum absolute atomic E-state index is 10.9. The van der Waals surface area contributed by atoms with Crippen LogP contribution in [0.2, 0.25) is 0 Å². The van der Waals surface area contributed by atoms with E-state index in [9.17, 15) is 10.1 Å². The van der Waals surface area contributed by atoms with Gasteiger partial charge in [-0.3, -0.25) is 14.5 Å². The van der Waals surface area contributed by atoms with Gasteiger partial charge in [0.05, 0.1) is 24.8 Å². The van der Waals surface area contributed by atoms with E-state index in [0.29, 0.717) is 19.1 Å². The molecule has 0 fully saturated rings. The second-order valence-electron chi connectivity index (χ2n) is 7.59. The standard InChI is InChI=1S/C19H19N5O4/c1-19(12-23-9-17(24(25)26)21-18(23)28-19)11-22-6-4-16-13(8-22)2-3-15(20-16)14-5-7-27-10-14/h2-3,5,7,9-10H,4,6,8,11-12H2,1H3. The lowest BCUT2D eigenvalue weighted by atomic mass is 10.0. The first-order chi connectivity index (χ1) is 13.5. The van der Waals surface area contributed by atoms with E-state index in [4.69, 9.17) is 14.1 Å². The van der Waals surface area contributed by atoms with Gasteiger partial charge in [-0.2, -0.15) is 0 Å². The Morgan fingerprint density at radius 3 is 2.96 bits per heavy atom. The molecule has 144 valence electrons. The first kappa shape index (κ1) is 16.9. The van der Waals surface area contributed by atoms with Gasteiger partial charge in [0.25, 0.3) is 0 Å². The largest absolute Gasteiger partial charge is 0.472 e. The number of ether oxygens (including phenoxy) is 1. The zero-order chi connectivity index (χ0) is 19.3. The van der Waals surface area contributed by atoms with Crippen molar-refractivity contribution in [1.82, 2.24) is 19.4 Å². The predicted octanol–water partition coefficient (Wildman–Crippen LogP) is 2.66. The highest BCUT2D eigenvalue weighted by molar-refractivity contribution is 5.58. The van der Waals surface area contributed by atoms with Gasteiger partial charge in [-0.1, -0.05) is 6.07 Å². The molecule has 0 N–H and O–H groups in total. The molecule has 2 aliphatic rings. The Hall–Kier alpha value is -3.20. The first-order valence-electron chi connectivity index (χ1n) is 9.13. The number of furan rings is 1. The molecule has 2 aliphatic heterocycles. The third-order valence-corrected chi connectivity index (χ3v) is 5.26. The van der Waals surface area contributed by atoms with E-state index in [1.807, 2.05) is 19.1 Å². The van der Waals surface area contributed by atoms with Crippen LogP contribution in [0.5, 0.6) is 6.01 Å². The quantitative estimate of drug-likeness (QED) is 0.506. The van der Waals surface area contributed by atoms with E-state index >= 15 is 0 Å². The Morgan fingerprint density at radius 1 is 1.32 bits per heavy atom. The van der Waals surface area contributed by atoms with Gasteiger partial charge in [-0.25, -0.2) is 0 Å². The summed E-state index contributed by atoms with van der Waals surface area (Å²) >= 11 is 0. The normalized spacial score (nSPS) is 21.2. The number of aromatic nitrogens is 3. The smallest absolute Gasteiger partial charge is 0.415 e. The van der Waals surface area contributed by atoms with Crippen LogP contribution in [0.1, 0.15) is 18.2 Å². The van der Waals surface area contributed by atoms with Crippen LogP contribution in [0.3, 0.4) is 0 Å². The number of imidazole rings is 1. The summed E-state index contributed by atoms with van der Waals surface area (Å²) in [4.78, 5) is 21.4. The SMILES string of the molecule is CC1(CN2CCc3nc(-c4ccoc4)ccc3C2)Cn2cc([N+](=O)[O-])nc2O1. The summed E-state index contributed by atoms with van der Waals surface area (Å²) in [6.07, 6.45) is 5.66. The molecule has 28 heavy (non-hydrogen) atoms. The van der Waals surface area contributed by atoms with Gasteiger partial charge in [-0.05, 0) is 29.5 Å². The molecule has 0 spiro atoms. The van der Waals surface area contributed by atoms with Gasteiger partial charge < -0.3 is 19.3 Å². The molecule has 0 saturated carbocycles. The maximum atomic E-state index is 10.9. The van der Waals surface area contributed by atoms with Crippen molar-refractivity contribution in [1.29, 1.82) is 0 Å². The lowest BCUT2D eigenvalue weighted by Gasteiger charge is -2.34. The number of rotatable bonds is 4. The van der Waals surface area contributed by atoms with E-state index in [2.05, 4.69) is 16.0 Å². The molecule has 5 heterocycles. The topological polar surface area (TPSA) is 99.5 Å². The van der Waals surface area contributed by atoms with E-state index in [0.717, 1.165) is 36.5 Å². The fraction of sp³-hybridized carbons (Fsp3) is 0.368. The second kappa shape index (κ2) is 6.16. The molecule has 1 unspecified atom stereocenters. The number of fused-ring (bicyclic) bond motifs is 2. The summed E-state index contributed by atoms with van der Waals surface area (Å²) in [6, 6.07) is 6.38. The van der Waals surface area contributed by atoms with Crippen molar-refractivity contribution in [3.8, 4) is 17.3 Å². The van der Waals surface area contributed by atoms with Crippen LogP contribution in [0.4, 0.5) is 5.82 Å². The van der Waals surface area contributed by atoms with Gasteiger partial charge in [0.2, 0.25) is 0 Å². The third-order valence-electron chi connectivity index (χ3n) is 5.26. The van der Waals surface area contributed by atoms with Crippen LogP contribution in [0.25, 0.3) is 11.3 Å². The second-order valence-corrected chi connectivity index (χ2v) is 7.59. The highest BCUT2D eigenvalue weighted by atomic mass is 16.6. The Balaban J connectivity index is 1.28. The van der Waals surface area contributed by atoms with Crippen LogP contribution < -0.4 is 4.74 Å². The van der Waals surface area contributed by atoms with Gasteiger partial charge >= 0.3 is 11.8 Å². The summed E-state index contributed by atoms with van der Waals surface area (Å²) in [6.45, 7) is 4.96. The molecule has 0 saturated heterocycles. The van der Waals surface area contributed by atoms with Crippen LogP contribution in [-0.4, -0.2) is 43.0 Å². The van der Waals surface area contributed by atoms with Crippen LogP contribution in [0, 0.1) is 10.1 Å². The van der Waals surface area contributed by atoms with Crippen LogP contribution >= 0.6 is 0 Å². The van der Waals surface area contributed by atoms with Crippen molar-refractivity contribution in [2.24, 2.45) is 0 Å². The zero-order valence-corrected chi connectivity index (χ0v) is 15.4. The zero-order valence-electron chi connectivity index (χ0n) is 15.4. The Labute approximate surface area is 160 Å². The molecule has 9 nitrogen and oxygen atoms in total.